The molecule has 0 radical (unpaired) electrons. The molecule has 0 amide bonds. The number of hydrogen-bond acceptors (Lipinski definition) is 1. The summed E-state index contributed by atoms with van der Waals surface area (Å²) in [6.07, 6.45) is 2.06. The molecule has 0 N–H and O–H groups in total. The molecule has 0 aliphatic heterocycles. The van der Waals surface area contributed by atoms with Crippen molar-refractivity contribution < 1.29 is 4.42 Å². The minimum atomic E-state index is 0.312. The fourth-order valence-corrected chi connectivity index (χ4v) is 1.55. The molecule has 1 nitrogen and oxygen atoms in total. The number of furan rings is 1. The molecule has 0 atom stereocenters. The lowest BCUT2D eigenvalue weighted by Gasteiger charge is -2.15. The molecule has 0 saturated heterocycles. The molecule has 1 aromatic heterocycles. The first-order chi connectivity index (χ1) is 6.37. The van der Waals surface area contributed by atoms with Crippen LogP contribution in [0, 0.1) is 11.3 Å². The molecule has 1 aromatic rings. The van der Waals surface area contributed by atoms with Gasteiger partial charge in [-0.1, -0.05) is 34.6 Å². The summed E-state index contributed by atoms with van der Waals surface area (Å²) < 4.78 is 5.77. The summed E-state index contributed by atoms with van der Waals surface area (Å²) in [7, 11) is 0. The molecule has 0 fully saturated rings. The minimum absolute atomic E-state index is 0.312. The molecule has 0 bridgehead atoms. The maximum Gasteiger partial charge on any atom is 0.104 e. The Bertz CT molecular complexity index is 276. The SMILES string of the molecule is CC(C)Cc1ccc(CC(C)(C)C)o1. The Balaban J connectivity index is 2.60. The van der Waals surface area contributed by atoms with Gasteiger partial charge in [-0.05, 0) is 23.5 Å². The van der Waals surface area contributed by atoms with Crippen LogP contribution in [0.5, 0.6) is 0 Å². The Labute approximate surface area is 87.5 Å². The lowest BCUT2D eigenvalue weighted by atomic mass is 9.91. The first-order valence-electron chi connectivity index (χ1n) is 5.44. The molecule has 0 unspecified atom stereocenters. The van der Waals surface area contributed by atoms with Crippen LogP contribution in [0.15, 0.2) is 16.5 Å². The van der Waals surface area contributed by atoms with Crippen LogP contribution >= 0.6 is 0 Å². The first kappa shape index (κ1) is 11.4. The Morgan fingerprint density at radius 1 is 1.14 bits per heavy atom. The summed E-state index contributed by atoms with van der Waals surface area (Å²) in [5, 5.41) is 0. The van der Waals surface area contributed by atoms with Crippen molar-refractivity contribution in [2.24, 2.45) is 11.3 Å². The monoisotopic (exact) mass is 194 g/mol. The van der Waals surface area contributed by atoms with Gasteiger partial charge in [0.1, 0.15) is 11.5 Å². The highest BCUT2D eigenvalue weighted by molar-refractivity contribution is 5.08. The number of rotatable bonds is 3. The zero-order valence-corrected chi connectivity index (χ0v) is 10.1. The zero-order chi connectivity index (χ0) is 10.8. The van der Waals surface area contributed by atoms with E-state index in [0.29, 0.717) is 11.3 Å². The average molecular weight is 194 g/mol. The van der Waals surface area contributed by atoms with Gasteiger partial charge in [0.25, 0.3) is 0 Å². The normalized spacial score (nSPS) is 12.4. The predicted octanol–water partition coefficient (Wildman–Crippen LogP) is 4.07. The van der Waals surface area contributed by atoms with E-state index in [-0.39, 0.29) is 0 Å². The van der Waals surface area contributed by atoms with Crippen LogP contribution in [0.4, 0.5) is 0 Å². The van der Waals surface area contributed by atoms with Crippen LogP contribution in [0.2, 0.25) is 0 Å². The molecular weight excluding hydrogens is 172 g/mol. The van der Waals surface area contributed by atoms with Gasteiger partial charge >= 0.3 is 0 Å². The fraction of sp³-hybridized carbons (Fsp3) is 0.692. The van der Waals surface area contributed by atoms with Crippen molar-refractivity contribution >= 4 is 0 Å². The Hall–Kier alpha value is -0.720. The van der Waals surface area contributed by atoms with Crippen LogP contribution in [0.25, 0.3) is 0 Å². The van der Waals surface area contributed by atoms with E-state index in [4.69, 9.17) is 4.42 Å². The van der Waals surface area contributed by atoms with Gasteiger partial charge in [0.2, 0.25) is 0 Å². The molecule has 0 aromatic carbocycles. The maximum absolute atomic E-state index is 5.77. The summed E-state index contributed by atoms with van der Waals surface area (Å²) in [4.78, 5) is 0. The van der Waals surface area contributed by atoms with Crippen LogP contribution in [0.1, 0.15) is 46.1 Å². The molecule has 0 saturated carbocycles. The van der Waals surface area contributed by atoms with E-state index in [1.165, 1.54) is 0 Å². The van der Waals surface area contributed by atoms with Gasteiger partial charge in [-0.2, -0.15) is 0 Å². The molecule has 14 heavy (non-hydrogen) atoms. The van der Waals surface area contributed by atoms with Crippen LogP contribution in [-0.4, -0.2) is 0 Å². The standard InChI is InChI=1S/C13H22O/c1-10(2)8-11-6-7-12(14-11)9-13(3,4)5/h6-7,10H,8-9H2,1-5H3. The van der Waals surface area contributed by atoms with E-state index in [1.54, 1.807) is 0 Å². The Kier molecular flexibility index (Phi) is 3.41. The van der Waals surface area contributed by atoms with Crippen molar-refractivity contribution in [1.29, 1.82) is 0 Å². The van der Waals surface area contributed by atoms with Crippen molar-refractivity contribution in [3.8, 4) is 0 Å². The Morgan fingerprint density at radius 2 is 1.71 bits per heavy atom. The highest BCUT2D eigenvalue weighted by atomic mass is 16.3. The second-order valence-electron chi connectivity index (χ2n) is 5.70. The molecular formula is C13H22O. The van der Waals surface area contributed by atoms with Gasteiger partial charge in [0.15, 0.2) is 0 Å². The zero-order valence-electron chi connectivity index (χ0n) is 10.1. The average Bonchev–Trinajstić information content (AvgIpc) is 2.30. The van der Waals surface area contributed by atoms with Gasteiger partial charge in [-0.3, -0.25) is 0 Å². The fourth-order valence-electron chi connectivity index (χ4n) is 1.55. The quantitative estimate of drug-likeness (QED) is 0.707. The van der Waals surface area contributed by atoms with E-state index in [2.05, 4.69) is 46.8 Å². The van der Waals surface area contributed by atoms with Gasteiger partial charge in [0, 0.05) is 12.8 Å². The van der Waals surface area contributed by atoms with Gasteiger partial charge in [-0.15, -0.1) is 0 Å². The summed E-state index contributed by atoms with van der Waals surface area (Å²) in [6, 6.07) is 4.23. The van der Waals surface area contributed by atoms with E-state index < -0.39 is 0 Å². The second-order valence-corrected chi connectivity index (χ2v) is 5.70. The smallest absolute Gasteiger partial charge is 0.104 e. The second kappa shape index (κ2) is 4.20. The summed E-state index contributed by atoms with van der Waals surface area (Å²) >= 11 is 0. The van der Waals surface area contributed by atoms with E-state index in [0.717, 1.165) is 24.4 Å². The van der Waals surface area contributed by atoms with E-state index in [9.17, 15) is 0 Å². The highest BCUT2D eigenvalue weighted by Gasteiger charge is 2.14. The van der Waals surface area contributed by atoms with Crippen LogP contribution in [-0.2, 0) is 12.8 Å². The third-order valence-corrected chi connectivity index (χ3v) is 2.03. The predicted molar refractivity (Wildman–Crippen MR) is 60.4 cm³/mol. The van der Waals surface area contributed by atoms with E-state index in [1.807, 2.05) is 0 Å². The summed E-state index contributed by atoms with van der Waals surface area (Å²) in [5.41, 5.74) is 0.312. The molecule has 0 aliphatic rings. The number of hydrogen-bond donors (Lipinski definition) is 0. The van der Waals surface area contributed by atoms with Crippen molar-refractivity contribution in [2.45, 2.75) is 47.5 Å². The van der Waals surface area contributed by atoms with Crippen LogP contribution < -0.4 is 0 Å². The first-order valence-corrected chi connectivity index (χ1v) is 5.44. The van der Waals surface area contributed by atoms with Gasteiger partial charge in [-0.25, -0.2) is 0 Å². The molecule has 0 aliphatic carbocycles. The topological polar surface area (TPSA) is 13.1 Å². The van der Waals surface area contributed by atoms with Crippen molar-refractivity contribution in [2.75, 3.05) is 0 Å². The van der Waals surface area contributed by atoms with Crippen LogP contribution in [0.3, 0.4) is 0 Å². The summed E-state index contributed by atoms with van der Waals surface area (Å²) in [6.45, 7) is 11.1. The third-order valence-electron chi connectivity index (χ3n) is 2.03. The summed E-state index contributed by atoms with van der Waals surface area (Å²) in [5.74, 6) is 2.91. The lowest BCUT2D eigenvalue weighted by molar-refractivity contribution is 0.349. The molecule has 0 spiro atoms. The third kappa shape index (κ3) is 3.99. The van der Waals surface area contributed by atoms with Gasteiger partial charge < -0.3 is 4.42 Å². The van der Waals surface area contributed by atoms with Crippen molar-refractivity contribution in [1.82, 2.24) is 0 Å². The van der Waals surface area contributed by atoms with E-state index >= 15 is 0 Å². The van der Waals surface area contributed by atoms with Crippen molar-refractivity contribution in [3.05, 3.63) is 23.7 Å². The maximum atomic E-state index is 5.77. The molecule has 1 rings (SSSR count). The molecule has 1 heterocycles. The largest absolute Gasteiger partial charge is 0.466 e. The lowest BCUT2D eigenvalue weighted by Crippen LogP contribution is -2.08. The Morgan fingerprint density at radius 3 is 2.21 bits per heavy atom. The minimum Gasteiger partial charge on any atom is -0.466 e. The molecule has 80 valence electrons. The highest BCUT2D eigenvalue weighted by Crippen LogP contribution is 2.22. The van der Waals surface area contributed by atoms with Crippen molar-refractivity contribution in [3.63, 3.8) is 0 Å². The molecule has 1 heteroatoms. The van der Waals surface area contributed by atoms with Gasteiger partial charge in [0.05, 0.1) is 0 Å².